The van der Waals surface area contributed by atoms with E-state index in [9.17, 15) is 22.0 Å². The average molecular weight is 316 g/mol. The maximum atomic E-state index is 14.0. The topological polar surface area (TPSA) is 118 Å². The van der Waals surface area contributed by atoms with Crippen molar-refractivity contribution in [2.75, 3.05) is 4.72 Å². The molecule has 0 spiro atoms. The van der Waals surface area contributed by atoms with Gasteiger partial charge in [-0.3, -0.25) is 9.52 Å². The van der Waals surface area contributed by atoms with Crippen molar-refractivity contribution in [1.29, 1.82) is 0 Å². The maximum Gasteiger partial charge on any atom is 0.266 e. The fraction of sp³-hybridized carbons (Fsp3) is 0.0909. The van der Waals surface area contributed by atoms with Gasteiger partial charge in [-0.1, -0.05) is 0 Å². The highest BCUT2D eigenvalue weighted by atomic mass is 32.2. The molecule has 112 valence electrons. The molecule has 21 heavy (non-hydrogen) atoms. The molecule has 7 nitrogen and oxygen atoms in total. The van der Waals surface area contributed by atoms with Crippen LogP contribution in [0.1, 0.15) is 5.56 Å². The number of aromatic nitrogens is 2. The number of nitrogens with one attached hydrogen (secondary N) is 2. The van der Waals surface area contributed by atoms with Crippen LogP contribution < -0.4 is 16.0 Å². The van der Waals surface area contributed by atoms with Crippen LogP contribution in [0, 0.1) is 11.6 Å². The number of hydrogen-bond donors (Lipinski definition) is 3. The third-order valence-electron chi connectivity index (χ3n) is 2.56. The van der Waals surface area contributed by atoms with Gasteiger partial charge in [0.1, 0.15) is 10.7 Å². The zero-order chi connectivity index (χ0) is 15.6. The Labute approximate surface area is 117 Å². The van der Waals surface area contributed by atoms with E-state index in [0.29, 0.717) is 0 Å². The quantitative estimate of drug-likeness (QED) is 0.750. The number of rotatable bonds is 4. The lowest BCUT2D eigenvalue weighted by atomic mass is 10.2. The zero-order valence-corrected chi connectivity index (χ0v) is 11.2. The third-order valence-corrected chi connectivity index (χ3v) is 3.93. The molecular formula is C11H10F2N4O3S. The van der Waals surface area contributed by atoms with Gasteiger partial charge in [0.2, 0.25) is 0 Å². The molecule has 0 unspecified atom stereocenters. The minimum Gasteiger partial charge on any atom is -0.326 e. The molecule has 0 amide bonds. The Balaban J connectivity index is 2.45. The monoisotopic (exact) mass is 316 g/mol. The summed E-state index contributed by atoms with van der Waals surface area (Å²) < 4.78 is 53.3. The first-order chi connectivity index (χ1) is 9.85. The molecule has 0 atom stereocenters. The predicted octanol–water partition coefficient (Wildman–Crippen LogP) is 0.308. The van der Waals surface area contributed by atoms with Crippen molar-refractivity contribution in [3.8, 4) is 0 Å². The number of nitrogens with zero attached hydrogens (tertiary/aromatic N) is 1. The largest absolute Gasteiger partial charge is 0.326 e. The van der Waals surface area contributed by atoms with Gasteiger partial charge in [-0.2, -0.15) is 5.10 Å². The van der Waals surface area contributed by atoms with Gasteiger partial charge in [-0.25, -0.2) is 22.3 Å². The number of hydrogen-bond acceptors (Lipinski definition) is 5. The maximum absolute atomic E-state index is 14.0. The number of halogens is 2. The van der Waals surface area contributed by atoms with Gasteiger partial charge in [0, 0.05) is 18.2 Å². The van der Waals surface area contributed by atoms with Gasteiger partial charge < -0.3 is 5.73 Å². The predicted molar refractivity (Wildman–Crippen MR) is 69.9 cm³/mol. The first-order valence-corrected chi connectivity index (χ1v) is 7.09. The lowest BCUT2D eigenvalue weighted by Crippen LogP contribution is -2.19. The molecule has 0 aliphatic heterocycles. The van der Waals surface area contributed by atoms with Crippen molar-refractivity contribution < 1.29 is 17.2 Å². The van der Waals surface area contributed by atoms with E-state index in [1.165, 1.54) is 0 Å². The summed E-state index contributed by atoms with van der Waals surface area (Å²) in [6.07, 6.45) is 0. The molecular weight excluding hydrogens is 306 g/mol. The fourth-order valence-electron chi connectivity index (χ4n) is 1.56. The highest BCUT2D eigenvalue weighted by molar-refractivity contribution is 7.92. The second kappa shape index (κ2) is 5.58. The Morgan fingerprint density at radius 3 is 2.52 bits per heavy atom. The van der Waals surface area contributed by atoms with E-state index < -0.39 is 44.2 Å². The van der Waals surface area contributed by atoms with Gasteiger partial charge in [-0.15, -0.1) is 0 Å². The number of H-pyrrole nitrogens is 1. The van der Waals surface area contributed by atoms with Gasteiger partial charge in [0.25, 0.3) is 15.6 Å². The molecule has 0 aliphatic carbocycles. The summed E-state index contributed by atoms with van der Waals surface area (Å²) >= 11 is 0. The summed E-state index contributed by atoms with van der Waals surface area (Å²) in [7, 11) is -4.34. The number of nitrogens with two attached hydrogens (primary N) is 1. The molecule has 4 N–H and O–H groups in total. The van der Waals surface area contributed by atoms with Crippen molar-refractivity contribution in [3.63, 3.8) is 0 Å². The normalized spacial score (nSPS) is 11.4. The van der Waals surface area contributed by atoms with E-state index in [4.69, 9.17) is 5.73 Å². The number of sulfonamides is 1. The summed E-state index contributed by atoms with van der Waals surface area (Å²) in [5.41, 5.74) is 4.12. The van der Waals surface area contributed by atoms with Crippen LogP contribution in [0.2, 0.25) is 0 Å². The number of benzene rings is 1. The van der Waals surface area contributed by atoms with E-state index >= 15 is 0 Å². The van der Waals surface area contributed by atoms with Crippen LogP contribution in [0.3, 0.4) is 0 Å². The molecule has 0 bridgehead atoms. The summed E-state index contributed by atoms with van der Waals surface area (Å²) in [6, 6.07) is 3.72. The molecule has 2 aromatic rings. The van der Waals surface area contributed by atoms with Crippen LogP contribution in [0.4, 0.5) is 14.6 Å². The second-order valence-electron chi connectivity index (χ2n) is 3.95. The number of anilines is 1. The van der Waals surface area contributed by atoms with Gasteiger partial charge in [0.15, 0.2) is 11.6 Å². The molecule has 10 heteroatoms. The van der Waals surface area contributed by atoms with Gasteiger partial charge in [0.05, 0.1) is 0 Å². The Bertz CT molecular complexity index is 815. The van der Waals surface area contributed by atoms with Crippen LogP contribution in [-0.2, 0) is 16.6 Å². The summed E-state index contributed by atoms with van der Waals surface area (Å²) in [6.45, 7) is -0.488. The minimum atomic E-state index is -4.34. The fourth-order valence-corrected chi connectivity index (χ4v) is 2.67. The van der Waals surface area contributed by atoms with Crippen molar-refractivity contribution in [2.45, 2.75) is 11.4 Å². The summed E-state index contributed by atoms with van der Waals surface area (Å²) in [4.78, 5) is 10.1. The zero-order valence-electron chi connectivity index (χ0n) is 10.4. The Morgan fingerprint density at radius 1 is 1.24 bits per heavy atom. The molecule has 2 rings (SSSR count). The van der Waals surface area contributed by atoms with Crippen LogP contribution in [0.15, 0.2) is 34.0 Å². The van der Waals surface area contributed by atoms with E-state index in [1.54, 1.807) is 0 Å². The van der Waals surface area contributed by atoms with E-state index in [-0.39, 0.29) is 5.82 Å². The average Bonchev–Trinajstić information content (AvgIpc) is 2.41. The minimum absolute atomic E-state index is 0.215. The summed E-state index contributed by atoms with van der Waals surface area (Å²) in [5.74, 6) is -2.42. The highest BCUT2D eigenvalue weighted by Crippen LogP contribution is 2.22. The van der Waals surface area contributed by atoms with Crippen molar-refractivity contribution in [2.24, 2.45) is 5.73 Å². The van der Waals surface area contributed by atoms with Crippen LogP contribution in [-0.4, -0.2) is 18.6 Å². The Kier molecular flexibility index (Phi) is 4.00. The first kappa shape index (κ1) is 15.1. The first-order valence-electron chi connectivity index (χ1n) is 5.60. The molecule has 1 aromatic carbocycles. The van der Waals surface area contributed by atoms with Gasteiger partial charge >= 0.3 is 0 Å². The molecule has 1 heterocycles. The summed E-state index contributed by atoms with van der Waals surface area (Å²) in [5, 5.41) is 5.44. The highest BCUT2D eigenvalue weighted by Gasteiger charge is 2.23. The molecule has 0 saturated carbocycles. The molecule has 0 fully saturated rings. The van der Waals surface area contributed by atoms with E-state index in [0.717, 1.165) is 24.3 Å². The SMILES string of the molecule is NCc1c(F)ccc(S(=O)(=O)Nc2ccc(=O)[nH]n2)c1F. The van der Waals surface area contributed by atoms with E-state index in [1.807, 2.05) is 9.82 Å². The Morgan fingerprint density at radius 2 is 1.95 bits per heavy atom. The van der Waals surface area contributed by atoms with Crippen molar-refractivity contribution in [3.05, 3.63) is 51.8 Å². The lowest BCUT2D eigenvalue weighted by Gasteiger charge is -2.10. The van der Waals surface area contributed by atoms with Crippen LogP contribution >= 0.6 is 0 Å². The standard InChI is InChI=1S/C11H10F2N4O3S/c12-7-1-2-8(11(13)6(7)5-14)21(19,20)17-9-3-4-10(18)16-15-9/h1-4H,5,14H2,(H,15,17)(H,16,18). The van der Waals surface area contributed by atoms with Crippen LogP contribution in [0.25, 0.3) is 0 Å². The van der Waals surface area contributed by atoms with Crippen molar-refractivity contribution >= 4 is 15.8 Å². The molecule has 1 aromatic heterocycles. The smallest absolute Gasteiger partial charge is 0.266 e. The third kappa shape index (κ3) is 3.06. The number of aromatic amines is 1. The Hall–Kier alpha value is -2.33. The molecule has 0 radical (unpaired) electrons. The van der Waals surface area contributed by atoms with Crippen LogP contribution in [0.5, 0.6) is 0 Å². The van der Waals surface area contributed by atoms with Crippen molar-refractivity contribution in [1.82, 2.24) is 10.2 Å². The van der Waals surface area contributed by atoms with E-state index in [2.05, 4.69) is 5.10 Å². The lowest BCUT2D eigenvalue weighted by molar-refractivity contribution is 0.530. The second-order valence-corrected chi connectivity index (χ2v) is 5.60. The van der Waals surface area contributed by atoms with Gasteiger partial charge in [-0.05, 0) is 18.2 Å². The molecule has 0 aliphatic rings. The molecule has 0 saturated heterocycles.